The van der Waals surface area contributed by atoms with Gasteiger partial charge in [0.05, 0.1) is 11.2 Å². The van der Waals surface area contributed by atoms with Gasteiger partial charge in [0.15, 0.2) is 11.7 Å². The second-order valence-electron chi connectivity index (χ2n) is 7.53. The summed E-state index contributed by atoms with van der Waals surface area (Å²) in [5, 5.41) is 3.55. The van der Waals surface area contributed by atoms with Gasteiger partial charge in [-0.15, -0.1) is 0 Å². The van der Waals surface area contributed by atoms with Crippen molar-refractivity contribution in [3.63, 3.8) is 0 Å². The van der Waals surface area contributed by atoms with Gasteiger partial charge in [-0.1, -0.05) is 30.7 Å². The highest BCUT2D eigenvalue weighted by Gasteiger charge is 2.18. The summed E-state index contributed by atoms with van der Waals surface area (Å²) >= 11 is 6.19. The normalized spacial score (nSPS) is 16.2. The van der Waals surface area contributed by atoms with Gasteiger partial charge in [-0.25, -0.2) is 4.98 Å². The number of oxazole rings is 1. The summed E-state index contributed by atoms with van der Waals surface area (Å²) < 4.78 is 5.75. The van der Waals surface area contributed by atoms with Crippen LogP contribution in [0.5, 0.6) is 0 Å². The quantitative estimate of drug-likeness (QED) is 0.591. The number of benzene rings is 2. The molecule has 0 saturated carbocycles. The third-order valence-electron chi connectivity index (χ3n) is 5.20. The topological polar surface area (TPSA) is 58.4 Å². The van der Waals surface area contributed by atoms with E-state index in [1.54, 1.807) is 6.20 Å². The highest BCUT2D eigenvalue weighted by atomic mass is 35.5. The molecule has 1 unspecified atom stereocenters. The lowest BCUT2D eigenvalue weighted by atomic mass is 10.2. The lowest BCUT2D eigenvalue weighted by Gasteiger charge is -2.18. The fourth-order valence-electron chi connectivity index (χ4n) is 3.58. The second kappa shape index (κ2) is 8.70. The average molecular weight is 410 g/mol. The molecule has 29 heavy (non-hydrogen) atoms. The Morgan fingerprint density at radius 2 is 2.03 bits per heavy atom. The van der Waals surface area contributed by atoms with Gasteiger partial charge >= 0.3 is 0 Å². The maximum atomic E-state index is 12.3. The molecule has 0 radical (unpaired) electrons. The van der Waals surface area contributed by atoms with Crippen LogP contribution in [0.25, 0.3) is 11.3 Å². The SMILES string of the molecule is CC1CCN(c2ccc(NC(=O)CCc3ncc(-c4ccccc4Cl)o3)cc2)C1. The first-order chi connectivity index (χ1) is 14.1. The van der Waals surface area contributed by atoms with E-state index in [4.69, 9.17) is 16.0 Å². The Morgan fingerprint density at radius 3 is 2.76 bits per heavy atom. The second-order valence-corrected chi connectivity index (χ2v) is 7.94. The standard InChI is InChI=1S/C23H24ClN3O2/c1-16-12-13-27(15-16)18-8-6-17(7-9-18)26-22(28)10-11-23-25-14-21(29-23)19-4-2-3-5-20(19)24/h2-9,14,16H,10-13,15H2,1H3,(H,26,28). The predicted molar refractivity (Wildman–Crippen MR) is 116 cm³/mol. The zero-order chi connectivity index (χ0) is 20.2. The first-order valence-corrected chi connectivity index (χ1v) is 10.3. The number of hydrogen-bond acceptors (Lipinski definition) is 4. The number of halogens is 1. The Morgan fingerprint density at radius 1 is 1.24 bits per heavy atom. The van der Waals surface area contributed by atoms with Crippen LogP contribution in [0.1, 0.15) is 25.7 Å². The summed E-state index contributed by atoms with van der Waals surface area (Å²) in [6.45, 7) is 4.47. The van der Waals surface area contributed by atoms with E-state index in [0.717, 1.165) is 30.3 Å². The highest BCUT2D eigenvalue weighted by Crippen LogP contribution is 2.28. The highest BCUT2D eigenvalue weighted by molar-refractivity contribution is 6.33. The number of carbonyl (C=O) groups excluding carboxylic acids is 1. The Hall–Kier alpha value is -2.79. The lowest BCUT2D eigenvalue weighted by molar-refractivity contribution is -0.116. The largest absolute Gasteiger partial charge is 0.441 e. The van der Waals surface area contributed by atoms with Gasteiger partial charge in [-0.05, 0) is 48.7 Å². The fourth-order valence-corrected chi connectivity index (χ4v) is 3.81. The van der Waals surface area contributed by atoms with Gasteiger partial charge in [0, 0.05) is 42.9 Å². The molecule has 1 aromatic heterocycles. The van der Waals surface area contributed by atoms with Gasteiger partial charge in [0.1, 0.15) is 0 Å². The minimum atomic E-state index is -0.0648. The van der Waals surface area contributed by atoms with Crippen molar-refractivity contribution in [1.82, 2.24) is 4.98 Å². The van der Waals surface area contributed by atoms with Gasteiger partial charge in [0.25, 0.3) is 0 Å². The molecule has 1 aliphatic rings. The summed E-state index contributed by atoms with van der Waals surface area (Å²) in [6.07, 6.45) is 3.61. The third kappa shape index (κ3) is 4.80. The van der Waals surface area contributed by atoms with Crippen molar-refractivity contribution in [2.75, 3.05) is 23.3 Å². The van der Waals surface area contributed by atoms with Crippen molar-refractivity contribution in [3.05, 3.63) is 65.6 Å². The van der Waals surface area contributed by atoms with Crippen molar-refractivity contribution >= 4 is 28.9 Å². The van der Waals surface area contributed by atoms with E-state index < -0.39 is 0 Å². The summed E-state index contributed by atoms with van der Waals surface area (Å²) in [5.74, 6) is 1.81. The summed E-state index contributed by atoms with van der Waals surface area (Å²) in [4.78, 5) is 18.9. The summed E-state index contributed by atoms with van der Waals surface area (Å²) in [5.41, 5.74) is 2.80. The van der Waals surface area contributed by atoms with Crippen molar-refractivity contribution in [2.45, 2.75) is 26.2 Å². The molecule has 6 heteroatoms. The number of rotatable bonds is 6. The van der Waals surface area contributed by atoms with Gasteiger partial charge in [-0.2, -0.15) is 0 Å². The number of hydrogen-bond donors (Lipinski definition) is 1. The number of nitrogens with one attached hydrogen (secondary N) is 1. The van der Waals surface area contributed by atoms with Gasteiger partial charge < -0.3 is 14.6 Å². The average Bonchev–Trinajstić information content (AvgIpc) is 3.37. The maximum absolute atomic E-state index is 12.3. The Labute approximate surface area is 175 Å². The van der Waals surface area contributed by atoms with Crippen LogP contribution in [-0.4, -0.2) is 24.0 Å². The van der Waals surface area contributed by atoms with Crippen LogP contribution in [0.15, 0.2) is 59.1 Å². The van der Waals surface area contributed by atoms with E-state index >= 15 is 0 Å². The third-order valence-corrected chi connectivity index (χ3v) is 5.53. The van der Waals surface area contributed by atoms with Gasteiger partial charge in [0.2, 0.25) is 5.91 Å². The smallest absolute Gasteiger partial charge is 0.224 e. The van der Waals surface area contributed by atoms with E-state index in [1.807, 2.05) is 36.4 Å². The molecule has 1 fully saturated rings. The molecule has 1 atom stereocenters. The van der Waals surface area contributed by atoms with Crippen LogP contribution in [0.2, 0.25) is 5.02 Å². The van der Waals surface area contributed by atoms with Gasteiger partial charge in [-0.3, -0.25) is 4.79 Å². The summed E-state index contributed by atoms with van der Waals surface area (Å²) in [7, 11) is 0. The predicted octanol–water partition coefficient (Wildman–Crippen LogP) is 5.41. The molecule has 1 saturated heterocycles. The van der Waals surface area contributed by atoms with E-state index in [2.05, 4.69) is 34.3 Å². The molecular weight excluding hydrogens is 386 g/mol. The zero-order valence-electron chi connectivity index (χ0n) is 16.4. The molecule has 5 nitrogen and oxygen atoms in total. The lowest BCUT2D eigenvalue weighted by Crippen LogP contribution is -2.19. The van der Waals surface area contributed by atoms with Crippen molar-refractivity contribution < 1.29 is 9.21 Å². The van der Waals surface area contributed by atoms with E-state index in [0.29, 0.717) is 29.5 Å². The molecular formula is C23H24ClN3O2. The molecule has 1 aliphatic heterocycles. The number of nitrogens with zero attached hydrogens (tertiary/aromatic N) is 2. The molecule has 3 aromatic rings. The molecule has 4 rings (SSSR count). The van der Waals surface area contributed by atoms with Crippen LogP contribution in [0.4, 0.5) is 11.4 Å². The maximum Gasteiger partial charge on any atom is 0.224 e. The fraction of sp³-hybridized carbons (Fsp3) is 0.304. The molecule has 0 bridgehead atoms. The molecule has 0 spiro atoms. The van der Waals surface area contributed by atoms with E-state index in [-0.39, 0.29) is 5.91 Å². The molecule has 1 amide bonds. The summed E-state index contributed by atoms with van der Waals surface area (Å²) in [6, 6.07) is 15.5. The number of aromatic nitrogens is 1. The number of amides is 1. The molecule has 0 aliphatic carbocycles. The van der Waals surface area contributed by atoms with Crippen LogP contribution < -0.4 is 10.2 Å². The molecule has 1 N–H and O–H groups in total. The van der Waals surface area contributed by atoms with Crippen molar-refractivity contribution in [3.8, 4) is 11.3 Å². The number of anilines is 2. The van der Waals surface area contributed by atoms with Crippen LogP contribution in [0, 0.1) is 5.92 Å². The Balaban J connectivity index is 1.30. The monoisotopic (exact) mass is 409 g/mol. The number of carbonyl (C=O) groups is 1. The Bertz CT molecular complexity index is 984. The van der Waals surface area contributed by atoms with Crippen LogP contribution in [-0.2, 0) is 11.2 Å². The molecule has 2 aromatic carbocycles. The van der Waals surface area contributed by atoms with Crippen LogP contribution in [0.3, 0.4) is 0 Å². The minimum Gasteiger partial charge on any atom is -0.441 e. The first-order valence-electron chi connectivity index (χ1n) is 9.93. The molecule has 2 heterocycles. The van der Waals surface area contributed by atoms with Crippen molar-refractivity contribution in [2.24, 2.45) is 5.92 Å². The van der Waals surface area contributed by atoms with E-state index in [9.17, 15) is 4.79 Å². The van der Waals surface area contributed by atoms with Crippen molar-refractivity contribution in [1.29, 1.82) is 0 Å². The van der Waals surface area contributed by atoms with E-state index in [1.165, 1.54) is 12.1 Å². The van der Waals surface area contributed by atoms with Crippen LogP contribution >= 0.6 is 11.6 Å². The number of aryl methyl sites for hydroxylation is 1. The minimum absolute atomic E-state index is 0.0648. The Kier molecular flexibility index (Phi) is 5.86. The first kappa shape index (κ1) is 19.5. The molecule has 150 valence electrons. The zero-order valence-corrected chi connectivity index (χ0v) is 17.2.